The molecule has 3 N–H and O–H groups in total. The first-order chi connectivity index (χ1) is 6.29. The SMILES string of the molecule is CC1CC(NS(C)(=O)=O)CN1C(N)=O. The molecule has 1 aliphatic heterocycles. The molecule has 2 atom stereocenters. The molecule has 0 bridgehead atoms. The number of urea groups is 1. The molecular weight excluding hydrogens is 206 g/mol. The van der Waals surface area contributed by atoms with Crippen LogP contribution in [0.15, 0.2) is 0 Å². The second-order valence-electron chi connectivity index (χ2n) is 3.66. The van der Waals surface area contributed by atoms with Crippen molar-refractivity contribution < 1.29 is 13.2 Å². The van der Waals surface area contributed by atoms with Crippen LogP contribution in [0.3, 0.4) is 0 Å². The summed E-state index contributed by atoms with van der Waals surface area (Å²) in [7, 11) is -3.21. The summed E-state index contributed by atoms with van der Waals surface area (Å²) in [6.45, 7) is 2.19. The zero-order valence-corrected chi connectivity index (χ0v) is 9.04. The number of hydrogen-bond acceptors (Lipinski definition) is 3. The van der Waals surface area contributed by atoms with Crippen LogP contribution in [-0.4, -0.2) is 44.2 Å². The van der Waals surface area contributed by atoms with Gasteiger partial charge in [-0.15, -0.1) is 0 Å². The Morgan fingerprint density at radius 3 is 2.50 bits per heavy atom. The summed E-state index contributed by atoms with van der Waals surface area (Å²) in [5.41, 5.74) is 5.12. The van der Waals surface area contributed by atoms with Gasteiger partial charge in [-0.2, -0.15) is 0 Å². The van der Waals surface area contributed by atoms with Crippen molar-refractivity contribution in [2.45, 2.75) is 25.4 Å². The fourth-order valence-corrected chi connectivity index (χ4v) is 2.50. The fourth-order valence-electron chi connectivity index (χ4n) is 1.73. The van der Waals surface area contributed by atoms with Crippen LogP contribution in [0.2, 0.25) is 0 Å². The lowest BCUT2D eigenvalue weighted by atomic mass is 10.2. The van der Waals surface area contributed by atoms with Crippen LogP contribution in [-0.2, 0) is 10.0 Å². The van der Waals surface area contributed by atoms with Crippen molar-refractivity contribution in [3.63, 3.8) is 0 Å². The van der Waals surface area contributed by atoms with Crippen LogP contribution in [0, 0.1) is 0 Å². The lowest BCUT2D eigenvalue weighted by Gasteiger charge is -2.17. The van der Waals surface area contributed by atoms with E-state index in [1.807, 2.05) is 6.92 Å². The Hall–Kier alpha value is -0.820. The summed E-state index contributed by atoms with van der Waals surface area (Å²) in [5, 5.41) is 0. The number of carbonyl (C=O) groups is 1. The minimum absolute atomic E-state index is 0.00764. The zero-order chi connectivity index (χ0) is 10.9. The standard InChI is InChI=1S/C7H15N3O3S/c1-5-3-6(9-14(2,12)13)4-10(5)7(8)11/h5-6,9H,3-4H2,1-2H3,(H2,8,11). The third-order valence-electron chi connectivity index (χ3n) is 2.24. The van der Waals surface area contributed by atoms with Crippen LogP contribution in [0.4, 0.5) is 4.79 Å². The smallest absolute Gasteiger partial charge is 0.315 e. The Morgan fingerprint density at radius 2 is 2.14 bits per heavy atom. The lowest BCUT2D eigenvalue weighted by Crippen LogP contribution is -2.41. The summed E-state index contributed by atoms with van der Waals surface area (Å²) < 4.78 is 24.3. The summed E-state index contributed by atoms with van der Waals surface area (Å²) in [6.07, 6.45) is 1.71. The van der Waals surface area contributed by atoms with Gasteiger partial charge in [0.25, 0.3) is 0 Å². The molecule has 0 spiro atoms. The van der Waals surface area contributed by atoms with Crippen molar-refractivity contribution in [3.8, 4) is 0 Å². The van der Waals surface area contributed by atoms with Gasteiger partial charge in [0.2, 0.25) is 10.0 Å². The summed E-state index contributed by atoms with van der Waals surface area (Å²) in [4.78, 5) is 12.4. The lowest BCUT2D eigenvalue weighted by molar-refractivity contribution is 0.205. The van der Waals surface area contributed by atoms with E-state index in [-0.39, 0.29) is 12.1 Å². The van der Waals surface area contributed by atoms with Gasteiger partial charge >= 0.3 is 6.03 Å². The largest absolute Gasteiger partial charge is 0.351 e. The second kappa shape index (κ2) is 3.74. The first-order valence-corrected chi connectivity index (χ1v) is 6.22. The maximum absolute atomic E-state index is 10.9. The van der Waals surface area contributed by atoms with Gasteiger partial charge in [-0.25, -0.2) is 17.9 Å². The van der Waals surface area contributed by atoms with Gasteiger partial charge in [0.15, 0.2) is 0 Å². The fraction of sp³-hybridized carbons (Fsp3) is 0.857. The van der Waals surface area contributed by atoms with E-state index in [9.17, 15) is 13.2 Å². The number of sulfonamides is 1. The first kappa shape index (κ1) is 11.3. The highest BCUT2D eigenvalue weighted by Gasteiger charge is 2.32. The van der Waals surface area contributed by atoms with Crippen LogP contribution in [0.25, 0.3) is 0 Å². The van der Waals surface area contributed by atoms with E-state index in [0.29, 0.717) is 13.0 Å². The van der Waals surface area contributed by atoms with Gasteiger partial charge in [0, 0.05) is 18.6 Å². The predicted octanol–water partition coefficient (Wildman–Crippen LogP) is -0.923. The highest BCUT2D eigenvalue weighted by Crippen LogP contribution is 2.17. The molecule has 1 rings (SSSR count). The molecule has 0 saturated carbocycles. The molecule has 6 nitrogen and oxygen atoms in total. The molecule has 0 aromatic heterocycles. The molecule has 0 aromatic carbocycles. The van der Waals surface area contributed by atoms with Gasteiger partial charge in [0.1, 0.15) is 0 Å². The van der Waals surface area contributed by atoms with E-state index in [0.717, 1.165) is 6.26 Å². The summed E-state index contributed by atoms with van der Waals surface area (Å²) in [5.74, 6) is 0. The molecular formula is C7H15N3O3S. The molecule has 1 aliphatic rings. The Balaban J connectivity index is 2.60. The molecule has 7 heteroatoms. The van der Waals surface area contributed by atoms with E-state index in [1.165, 1.54) is 4.90 Å². The van der Waals surface area contributed by atoms with Crippen molar-refractivity contribution in [2.75, 3.05) is 12.8 Å². The van der Waals surface area contributed by atoms with Gasteiger partial charge in [-0.3, -0.25) is 0 Å². The van der Waals surface area contributed by atoms with Crippen molar-refractivity contribution in [2.24, 2.45) is 5.73 Å². The number of rotatable bonds is 2. The summed E-state index contributed by atoms with van der Waals surface area (Å²) in [6, 6.07) is -0.727. The van der Waals surface area contributed by atoms with Crippen molar-refractivity contribution in [3.05, 3.63) is 0 Å². The van der Waals surface area contributed by atoms with E-state index in [2.05, 4.69) is 4.72 Å². The minimum Gasteiger partial charge on any atom is -0.351 e. The maximum atomic E-state index is 10.9. The number of primary amides is 1. The molecule has 2 unspecified atom stereocenters. The van der Waals surface area contributed by atoms with E-state index in [4.69, 9.17) is 5.73 Å². The highest BCUT2D eigenvalue weighted by molar-refractivity contribution is 7.88. The van der Waals surface area contributed by atoms with Crippen LogP contribution in [0.1, 0.15) is 13.3 Å². The van der Waals surface area contributed by atoms with Crippen LogP contribution >= 0.6 is 0 Å². The number of carbonyl (C=O) groups excluding carboxylic acids is 1. The summed E-state index contributed by atoms with van der Waals surface area (Å²) >= 11 is 0. The number of hydrogen-bond donors (Lipinski definition) is 2. The molecule has 14 heavy (non-hydrogen) atoms. The average molecular weight is 221 g/mol. The highest BCUT2D eigenvalue weighted by atomic mass is 32.2. The van der Waals surface area contributed by atoms with Gasteiger partial charge in [-0.05, 0) is 13.3 Å². The number of likely N-dealkylation sites (tertiary alicyclic amines) is 1. The quantitative estimate of drug-likeness (QED) is 0.631. The van der Waals surface area contributed by atoms with Gasteiger partial charge in [0.05, 0.1) is 6.26 Å². The molecule has 0 aliphatic carbocycles. The third-order valence-corrected chi connectivity index (χ3v) is 3.00. The van der Waals surface area contributed by atoms with Crippen LogP contribution in [0.5, 0.6) is 0 Å². The van der Waals surface area contributed by atoms with Crippen molar-refractivity contribution in [1.29, 1.82) is 0 Å². The number of nitrogens with zero attached hydrogens (tertiary/aromatic N) is 1. The third kappa shape index (κ3) is 2.85. The Labute approximate surface area is 83.5 Å². The Kier molecular flexibility index (Phi) is 3.01. The molecule has 1 heterocycles. The monoisotopic (exact) mass is 221 g/mol. The molecule has 1 fully saturated rings. The molecule has 1 saturated heterocycles. The molecule has 82 valence electrons. The molecule has 0 radical (unpaired) electrons. The molecule has 0 aromatic rings. The predicted molar refractivity (Wildman–Crippen MR) is 52.1 cm³/mol. The van der Waals surface area contributed by atoms with Gasteiger partial charge < -0.3 is 10.6 Å². The van der Waals surface area contributed by atoms with E-state index < -0.39 is 16.1 Å². The first-order valence-electron chi connectivity index (χ1n) is 4.33. The second-order valence-corrected chi connectivity index (χ2v) is 5.44. The number of amides is 2. The number of nitrogens with one attached hydrogen (secondary N) is 1. The Morgan fingerprint density at radius 1 is 1.57 bits per heavy atom. The van der Waals surface area contributed by atoms with Crippen molar-refractivity contribution >= 4 is 16.1 Å². The van der Waals surface area contributed by atoms with Gasteiger partial charge in [-0.1, -0.05) is 0 Å². The normalized spacial score (nSPS) is 28.0. The van der Waals surface area contributed by atoms with Crippen LogP contribution < -0.4 is 10.5 Å². The van der Waals surface area contributed by atoms with E-state index in [1.54, 1.807) is 0 Å². The topological polar surface area (TPSA) is 92.5 Å². The number of nitrogens with two attached hydrogens (primary N) is 1. The Bertz CT molecular complexity index is 327. The zero-order valence-electron chi connectivity index (χ0n) is 8.23. The molecule has 2 amide bonds. The average Bonchev–Trinajstić information content (AvgIpc) is 2.26. The van der Waals surface area contributed by atoms with E-state index >= 15 is 0 Å². The maximum Gasteiger partial charge on any atom is 0.315 e. The minimum atomic E-state index is -3.21. The van der Waals surface area contributed by atoms with Crippen molar-refractivity contribution in [1.82, 2.24) is 9.62 Å².